The first-order valence-corrected chi connectivity index (χ1v) is 42.3. The molecule has 2 aromatic rings. The number of nitrogen functional groups attached to an aromatic ring is 1. The second-order valence-electron chi connectivity index (χ2n) is 24.6. The van der Waals surface area contributed by atoms with Crippen molar-refractivity contribution in [2.75, 3.05) is 76.5 Å². The van der Waals surface area contributed by atoms with E-state index in [-0.39, 0.29) is 72.0 Å². The molecule has 0 aliphatic carbocycles. The molecule has 2 aromatic heterocycles. The number of ketones is 1. The molecule has 0 radical (unpaired) electrons. The number of thiol groups is 1. The molecule has 2 saturated heterocycles. The second kappa shape index (κ2) is 40.2. The minimum Gasteiger partial charge on any atom is -0.386 e. The van der Waals surface area contributed by atoms with Crippen LogP contribution in [0.5, 0.6) is 0 Å². The molecule has 5 unspecified atom stereocenters. The number of aliphatic imine (C=N–C) groups is 3. The van der Waals surface area contributed by atoms with E-state index in [4.69, 9.17) is 43.6 Å². The maximum absolute atomic E-state index is 13.5. The average Bonchev–Trinajstić information content (AvgIpc) is 1.56. The lowest BCUT2D eigenvalue weighted by Gasteiger charge is -2.38. The molecular weight excluding hydrogens is 1610 g/mol. The van der Waals surface area contributed by atoms with Gasteiger partial charge < -0.3 is 102 Å². The number of phosphoric acid groups is 6. The Hall–Kier alpha value is -4.98. The van der Waals surface area contributed by atoms with Crippen molar-refractivity contribution >= 4 is 141 Å². The van der Waals surface area contributed by atoms with Gasteiger partial charge >= 0.3 is 46.9 Å². The fourth-order valence-corrected chi connectivity index (χ4v) is 16.2. The number of thioether (sulfide) groups is 1. The summed E-state index contributed by atoms with van der Waals surface area (Å²) in [5.41, 5.74) is 6.44. The van der Waals surface area contributed by atoms with Gasteiger partial charge in [0, 0.05) is 67.8 Å². The van der Waals surface area contributed by atoms with E-state index in [2.05, 4.69) is 83.5 Å². The molecular formula is C52H86N14O34P6S2. The van der Waals surface area contributed by atoms with Crippen LogP contribution in [0.4, 0.5) is 5.82 Å². The molecule has 0 bridgehead atoms. The standard InChI is InChI=1S/C26H42N7O17P3S.C26H44N7O17P3S/c1-4-5-6-17(35)54-10-9-28-16(34)7-8-29-24(38)21(37)26(2,3)12-47-53(44,45)50-52(42,43)46-11-15-20(49-51(39,40)41)19(36)25(48-15)33-14-32-18-22(27)30-13-31-23(18)33;1-4-5-6-16(34)26-20(22(27)30-13-32-26)31-14-33(26)24-18(36)19(49-51(39,40)41)15(48-24)11-46-52(42,43)50-53(44,45)47-12-25(2,3)21(37)23(38)29-8-7-17(35)28-9-10-54/h4,13-15,19-21,25,36-37H,1,5-12H2,2-3H3,(H,28,34)(H,29,38)(H,42,43)(H,44,45)(H2,27,30,31)(H2,39,40,41);5-6,13,15,18-19,21,24,36-37,54H,4,7-12,14H2,1-3H3,(H,28,35)(H,29,38)(H,42,43)(H,44,45)(H2,27,30,32)(H2,39,40,41)/t15-,19-,20-,21+,25-;15-,18-,19-,21+,24-,26?/m11/s1. The predicted molar refractivity (Wildman–Crippen MR) is 376 cm³/mol. The van der Waals surface area contributed by atoms with Crippen molar-refractivity contribution in [2.24, 2.45) is 31.5 Å². The highest BCUT2D eigenvalue weighted by molar-refractivity contribution is 8.13. The van der Waals surface area contributed by atoms with E-state index in [9.17, 15) is 116 Å². The van der Waals surface area contributed by atoms with Crippen molar-refractivity contribution < 1.29 is 161 Å². The van der Waals surface area contributed by atoms with Crippen molar-refractivity contribution in [3.8, 4) is 0 Å². The number of aliphatic hydroxyl groups excluding tert-OH is 4. The number of amides is 4. The van der Waals surface area contributed by atoms with Gasteiger partial charge in [-0.25, -0.2) is 57.2 Å². The Bertz CT molecular complexity index is 3960. The van der Waals surface area contributed by atoms with E-state index in [0.717, 1.165) is 40.2 Å². The smallest absolute Gasteiger partial charge is 0.386 e. The maximum Gasteiger partial charge on any atom is 0.481 e. The molecule has 20 N–H and O–H groups in total. The van der Waals surface area contributed by atoms with Gasteiger partial charge in [-0.05, 0) is 18.9 Å². The van der Waals surface area contributed by atoms with E-state index in [1.807, 2.05) is 0 Å². The zero-order chi connectivity index (χ0) is 81.2. The average molecular weight is 1700 g/mol. The summed E-state index contributed by atoms with van der Waals surface area (Å²) in [6, 6.07) is 0. The Balaban J connectivity index is 0.000000387. The molecule has 6 rings (SSSR count). The number of hydrogen-bond donors (Lipinski definition) is 19. The number of aliphatic hydroxyl groups is 4. The number of anilines is 1. The van der Waals surface area contributed by atoms with Crippen molar-refractivity contribution in [1.29, 1.82) is 0 Å². The third-order valence-corrected chi connectivity index (χ3v) is 22.5. The van der Waals surface area contributed by atoms with Crippen LogP contribution in [0, 0.1) is 10.8 Å². The van der Waals surface area contributed by atoms with Gasteiger partial charge in [0.25, 0.3) is 0 Å². The van der Waals surface area contributed by atoms with Gasteiger partial charge in [0.05, 0.1) is 39.4 Å². The Kier molecular flexibility index (Phi) is 34.8. The van der Waals surface area contributed by atoms with Crippen LogP contribution < -0.4 is 32.7 Å². The Labute approximate surface area is 623 Å². The highest BCUT2D eigenvalue weighted by Gasteiger charge is 2.61. The molecule has 56 heteroatoms. The summed E-state index contributed by atoms with van der Waals surface area (Å²) in [7, 11) is -32.9. The molecule has 15 atom stereocenters. The number of nitrogens with one attached hydrogen (secondary N) is 4. The van der Waals surface area contributed by atoms with Crippen LogP contribution in [-0.2, 0) is 101 Å². The van der Waals surface area contributed by atoms with Crippen molar-refractivity contribution in [2.45, 2.75) is 134 Å². The van der Waals surface area contributed by atoms with Gasteiger partial charge in [-0.2, -0.15) is 21.3 Å². The van der Waals surface area contributed by atoms with Crippen molar-refractivity contribution in [3.63, 3.8) is 0 Å². The maximum atomic E-state index is 13.5. The zero-order valence-corrected chi connectivity index (χ0v) is 65.0. The largest absolute Gasteiger partial charge is 0.481 e. The summed E-state index contributed by atoms with van der Waals surface area (Å²) < 4.78 is 124. The van der Waals surface area contributed by atoms with Crippen LogP contribution in [-0.4, -0.2) is 268 Å². The Morgan fingerprint density at radius 2 is 1.21 bits per heavy atom. The SMILES string of the molecule is C=CCCC(=O)SCCNC(=O)CCNC(=O)[C@H](O)C(C)(C)COP(=O)(O)OP(=O)(O)OC[C@H]1O[C@@H](n2cnc3c(N)ncnc32)[C@H](O)[C@@H]1OP(=O)(O)O.CCC=CC(=O)C12N=CN=C(N)C1=NCN2[C@@H]1O[C@H](COP(=O)(O)OP(=O)(O)OCC(C)(C)[C@@H](O)C(=O)NCCC(=O)NCCS)[C@@H](OP(=O)(O)O)[C@H]1O. The van der Waals surface area contributed by atoms with Crippen molar-refractivity contribution in [3.05, 3.63) is 37.5 Å². The van der Waals surface area contributed by atoms with Crippen LogP contribution in [0.3, 0.4) is 0 Å². The lowest BCUT2D eigenvalue weighted by Crippen LogP contribution is -2.63. The normalized spacial score (nSPS) is 24.7. The third-order valence-electron chi connectivity index (χ3n) is 15.1. The van der Waals surface area contributed by atoms with E-state index in [1.165, 1.54) is 39.8 Å². The second-order valence-corrected chi connectivity index (χ2v) is 34.6. The number of carbonyl (C=O) groups is 6. The summed E-state index contributed by atoms with van der Waals surface area (Å²) in [4.78, 5) is 177. The van der Waals surface area contributed by atoms with Crippen molar-refractivity contribution in [1.82, 2.24) is 45.7 Å². The molecule has 4 amide bonds. The summed E-state index contributed by atoms with van der Waals surface area (Å²) in [5.74, 6) is -2.95. The minimum atomic E-state index is -5.63. The molecule has 48 nitrogen and oxygen atoms in total. The molecule has 0 aromatic carbocycles. The number of fused-ring (bicyclic) bond motifs is 2. The Morgan fingerprint density at radius 1 is 0.722 bits per heavy atom. The summed E-state index contributed by atoms with van der Waals surface area (Å²) in [5, 5.41) is 52.8. The third kappa shape index (κ3) is 27.7. The number of hydrogen-bond acceptors (Lipinski definition) is 37. The molecule has 0 saturated carbocycles. The summed E-state index contributed by atoms with van der Waals surface area (Å²) >= 11 is 5.02. The minimum absolute atomic E-state index is 0.0299. The Morgan fingerprint density at radius 3 is 1.70 bits per heavy atom. The quantitative estimate of drug-likeness (QED) is 0.0109. The lowest BCUT2D eigenvalue weighted by atomic mass is 9.87. The van der Waals surface area contributed by atoms with Crippen LogP contribution in [0.1, 0.15) is 73.0 Å². The number of phosphoric ester groups is 6. The first-order chi connectivity index (χ1) is 50.1. The van der Waals surface area contributed by atoms with Gasteiger partial charge in [0.2, 0.25) is 35.1 Å². The van der Waals surface area contributed by atoms with Crippen LogP contribution in [0.15, 0.2) is 52.4 Å². The number of imidazole rings is 1. The number of nitrogens with zero attached hydrogens (tertiary/aromatic N) is 8. The van der Waals surface area contributed by atoms with E-state index < -0.39 is 181 Å². The molecule has 4 aliphatic rings. The zero-order valence-electron chi connectivity index (χ0n) is 57.9. The van der Waals surface area contributed by atoms with E-state index in [0.29, 0.717) is 37.3 Å². The highest BCUT2D eigenvalue weighted by atomic mass is 32.2. The summed E-state index contributed by atoms with van der Waals surface area (Å²) in [6.45, 7) is 5.92. The molecule has 0 spiro atoms. The number of aromatic nitrogens is 4. The number of amidine groups is 1. The number of carbonyl (C=O) groups excluding carboxylic acids is 6. The van der Waals surface area contributed by atoms with E-state index >= 15 is 0 Å². The van der Waals surface area contributed by atoms with Gasteiger partial charge in [-0.15, -0.1) is 6.58 Å². The predicted octanol–water partition coefficient (Wildman–Crippen LogP) is -2.28. The van der Waals surface area contributed by atoms with Crippen LogP contribution >= 0.6 is 71.3 Å². The first kappa shape index (κ1) is 93.6. The number of allylic oxidation sites excluding steroid dienone is 2. The van der Waals surface area contributed by atoms with Crippen LogP contribution in [0.25, 0.3) is 11.2 Å². The number of ether oxygens (including phenoxy) is 2. The number of rotatable bonds is 43. The molecule has 4 aliphatic heterocycles. The molecule has 6 heterocycles. The number of nitrogens with two attached hydrogens (primary N) is 2. The van der Waals surface area contributed by atoms with Crippen LogP contribution in [0.2, 0.25) is 0 Å². The highest BCUT2D eigenvalue weighted by Crippen LogP contribution is 2.63. The molecule has 610 valence electrons. The lowest BCUT2D eigenvalue weighted by molar-refractivity contribution is -0.140. The van der Waals surface area contributed by atoms with Gasteiger partial charge in [0.1, 0.15) is 79.0 Å². The fourth-order valence-electron chi connectivity index (χ4n) is 9.75. The summed E-state index contributed by atoms with van der Waals surface area (Å²) in [6.07, 6.45) is -9.88. The van der Waals surface area contributed by atoms with E-state index in [1.54, 1.807) is 13.0 Å². The van der Waals surface area contributed by atoms with Gasteiger partial charge in [-0.1, -0.05) is 58.5 Å². The molecule has 2 fully saturated rings. The first-order valence-electron chi connectivity index (χ1n) is 31.7. The fraction of sp³-hybridized carbons (Fsp3) is 0.654. The molecule has 108 heavy (non-hydrogen) atoms. The monoisotopic (exact) mass is 1700 g/mol. The van der Waals surface area contributed by atoms with Gasteiger partial charge in [-0.3, -0.25) is 65.5 Å². The topological polar surface area (TPSA) is 724 Å². The van der Waals surface area contributed by atoms with Gasteiger partial charge in [0.15, 0.2) is 28.6 Å².